The Morgan fingerprint density at radius 1 is 1.27 bits per heavy atom. The van der Waals surface area contributed by atoms with E-state index in [1.54, 1.807) is 20.3 Å². The van der Waals surface area contributed by atoms with Crippen LogP contribution in [-0.4, -0.2) is 25.9 Å². The van der Waals surface area contributed by atoms with Gasteiger partial charge in [0.2, 0.25) is 0 Å². The molecule has 1 unspecified atom stereocenters. The van der Waals surface area contributed by atoms with Gasteiger partial charge in [-0.2, -0.15) is 0 Å². The topological polar surface area (TPSA) is 64.7 Å². The quantitative estimate of drug-likeness (QED) is 0.780. The molecule has 1 aromatic carbocycles. The van der Waals surface area contributed by atoms with Crippen LogP contribution >= 0.6 is 0 Å². The molecule has 0 heterocycles. The fourth-order valence-corrected chi connectivity index (χ4v) is 1.53. The van der Waals surface area contributed by atoms with Crippen molar-refractivity contribution in [2.24, 2.45) is 5.73 Å². The fraction of sp³-hybridized carbons (Fsp3) is 0.455. The minimum absolute atomic E-state index is 0.155. The van der Waals surface area contributed by atoms with E-state index in [1.807, 2.05) is 13.0 Å². The summed E-state index contributed by atoms with van der Waals surface area (Å²) >= 11 is 0. The zero-order valence-corrected chi connectivity index (χ0v) is 9.28. The Kier molecular flexibility index (Phi) is 3.94. The van der Waals surface area contributed by atoms with E-state index < -0.39 is 6.10 Å². The molecule has 0 saturated carbocycles. The third-order valence-electron chi connectivity index (χ3n) is 2.33. The van der Waals surface area contributed by atoms with Gasteiger partial charge < -0.3 is 20.3 Å². The lowest BCUT2D eigenvalue weighted by molar-refractivity contribution is 0.181. The van der Waals surface area contributed by atoms with E-state index in [9.17, 15) is 5.11 Å². The van der Waals surface area contributed by atoms with E-state index in [4.69, 9.17) is 15.2 Å². The van der Waals surface area contributed by atoms with Gasteiger partial charge in [-0.15, -0.1) is 0 Å². The first-order valence-corrected chi connectivity index (χ1v) is 4.75. The normalized spacial score (nSPS) is 12.3. The van der Waals surface area contributed by atoms with Crippen LogP contribution in [0, 0.1) is 6.92 Å². The predicted octanol–water partition coefficient (Wildman–Crippen LogP) is 1.00. The van der Waals surface area contributed by atoms with E-state index >= 15 is 0 Å². The molecule has 0 amide bonds. The Hall–Kier alpha value is -1.26. The van der Waals surface area contributed by atoms with Crippen molar-refractivity contribution in [1.29, 1.82) is 0 Å². The van der Waals surface area contributed by atoms with Gasteiger partial charge in [0.1, 0.15) is 0 Å². The summed E-state index contributed by atoms with van der Waals surface area (Å²) in [6, 6.07) is 3.67. The highest BCUT2D eigenvalue weighted by Crippen LogP contribution is 2.37. The maximum absolute atomic E-state index is 9.69. The smallest absolute Gasteiger partial charge is 0.166 e. The molecule has 0 fully saturated rings. The monoisotopic (exact) mass is 211 g/mol. The Bertz CT molecular complexity index is 339. The van der Waals surface area contributed by atoms with E-state index in [-0.39, 0.29) is 6.54 Å². The minimum atomic E-state index is -0.727. The zero-order valence-electron chi connectivity index (χ0n) is 9.28. The Morgan fingerprint density at radius 3 is 2.33 bits per heavy atom. The molecule has 0 aliphatic carbocycles. The summed E-state index contributed by atoms with van der Waals surface area (Å²) in [6.07, 6.45) is -0.727. The SMILES string of the molecule is COc1c(C)ccc(C(O)CN)c1OC. The van der Waals surface area contributed by atoms with E-state index in [2.05, 4.69) is 0 Å². The van der Waals surface area contributed by atoms with E-state index in [1.165, 1.54) is 0 Å². The molecule has 0 aliphatic rings. The Balaban J connectivity index is 3.28. The number of aliphatic hydroxyl groups excluding tert-OH is 1. The van der Waals surface area contributed by atoms with Crippen molar-refractivity contribution in [3.05, 3.63) is 23.3 Å². The summed E-state index contributed by atoms with van der Waals surface area (Å²) in [6.45, 7) is 2.07. The molecule has 0 radical (unpaired) electrons. The van der Waals surface area contributed by atoms with Crippen molar-refractivity contribution in [2.75, 3.05) is 20.8 Å². The van der Waals surface area contributed by atoms with Crippen LogP contribution in [0.5, 0.6) is 11.5 Å². The van der Waals surface area contributed by atoms with Gasteiger partial charge >= 0.3 is 0 Å². The average Bonchev–Trinajstić information content (AvgIpc) is 2.27. The molecule has 4 heteroatoms. The molecule has 15 heavy (non-hydrogen) atoms. The summed E-state index contributed by atoms with van der Waals surface area (Å²) in [5, 5.41) is 9.69. The van der Waals surface area contributed by atoms with Gasteiger partial charge in [-0.25, -0.2) is 0 Å². The zero-order chi connectivity index (χ0) is 11.4. The summed E-state index contributed by atoms with van der Waals surface area (Å²) in [5.41, 5.74) is 7.03. The molecule has 4 nitrogen and oxygen atoms in total. The Labute approximate surface area is 89.6 Å². The summed E-state index contributed by atoms with van der Waals surface area (Å²) in [5.74, 6) is 1.19. The molecule has 84 valence electrons. The molecular formula is C11H17NO3. The Morgan fingerprint density at radius 2 is 1.87 bits per heavy atom. The lowest BCUT2D eigenvalue weighted by atomic mass is 10.0. The van der Waals surface area contributed by atoms with Crippen LogP contribution in [0.2, 0.25) is 0 Å². The first-order chi connectivity index (χ1) is 7.15. The van der Waals surface area contributed by atoms with Crippen molar-refractivity contribution in [3.63, 3.8) is 0 Å². The van der Waals surface area contributed by atoms with Crippen LogP contribution in [0.15, 0.2) is 12.1 Å². The molecule has 3 N–H and O–H groups in total. The molecule has 0 spiro atoms. The number of nitrogens with two attached hydrogens (primary N) is 1. The molecule has 1 atom stereocenters. The molecule has 0 aliphatic heterocycles. The first-order valence-electron chi connectivity index (χ1n) is 4.75. The molecular weight excluding hydrogens is 194 g/mol. The highest BCUT2D eigenvalue weighted by atomic mass is 16.5. The van der Waals surface area contributed by atoms with E-state index in [0.29, 0.717) is 17.1 Å². The summed E-state index contributed by atoms with van der Waals surface area (Å²) in [7, 11) is 3.12. The largest absolute Gasteiger partial charge is 0.493 e. The average molecular weight is 211 g/mol. The first kappa shape index (κ1) is 11.8. The standard InChI is InChI=1S/C11H17NO3/c1-7-4-5-8(9(13)6-12)11(15-3)10(7)14-2/h4-5,9,13H,6,12H2,1-3H3. The number of hydrogen-bond acceptors (Lipinski definition) is 4. The van der Waals surface area contributed by atoms with Crippen molar-refractivity contribution in [2.45, 2.75) is 13.0 Å². The number of hydrogen-bond donors (Lipinski definition) is 2. The van der Waals surface area contributed by atoms with E-state index in [0.717, 1.165) is 5.56 Å². The van der Waals surface area contributed by atoms with Crippen molar-refractivity contribution < 1.29 is 14.6 Å². The predicted molar refractivity (Wildman–Crippen MR) is 58.3 cm³/mol. The number of ether oxygens (including phenoxy) is 2. The molecule has 0 bridgehead atoms. The van der Waals surface area contributed by atoms with Crippen LogP contribution < -0.4 is 15.2 Å². The molecule has 0 saturated heterocycles. The van der Waals surface area contributed by atoms with Gasteiger partial charge in [0.05, 0.1) is 20.3 Å². The van der Waals surface area contributed by atoms with Crippen LogP contribution in [0.1, 0.15) is 17.2 Å². The molecule has 1 aromatic rings. The molecule has 1 rings (SSSR count). The number of aliphatic hydroxyl groups is 1. The second-order valence-corrected chi connectivity index (χ2v) is 3.29. The molecule has 0 aromatic heterocycles. The third-order valence-corrected chi connectivity index (χ3v) is 2.33. The highest BCUT2D eigenvalue weighted by molar-refractivity contribution is 5.52. The van der Waals surface area contributed by atoms with Gasteiger partial charge in [0.25, 0.3) is 0 Å². The van der Waals surface area contributed by atoms with Crippen molar-refractivity contribution >= 4 is 0 Å². The lowest BCUT2D eigenvalue weighted by Crippen LogP contribution is -2.13. The van der Waals surface area contributed by atoms with Crippen LogP contribution in [0.4, 0.5) is 0 Å². The van der Waals surface area contributed by atoms with Crippen LogP contribution in [0.25, 0.3) is 0 Å². The van der Waals surface area contributed by atoms with Gasteiger partial charge in [-0.1, -0.05) is 12.1 Å². The van der Waals surface area contributed by atoms with Crippen LogP contribution in [0.3, 0.4) is 0 Å². The number of methoxy groups -OCH3 is 2. The van der Waals surface area contributed by atoms with Gasteiger partial charge in [-0.05, 0) is 12.5 Å². The highest BCUT2D eigenvalue weighted by Gasteiger charge is 2.17. The van der Waals surface area contributed by atoms with Gasteiger partial charge in [-0.3, -0.25) is 0 Å². The fourth-order valence-electron chi connectivity index (χ4n) is 1.53. The number of rotatable bonds is 4. The number of aryl methyl sites for hydroxylation is 1. The van der Waals surface area contributed by atoms with Crippen LogP contribution in [-0.2, 0) is 0 Å². The summed E-state index contributed by atoms with van der Waals surface area (Å²) in [4.78, 5) is 0. The second-order valence-electron chi connectivity index (χ2n) is 3.29. The van der Waals surface area contributed by atoms with Crippen molar-refractivity contribution in [3.8, 4) is 11.5 Å². The lowest BCUT2D eigenvalue weighted by Gasteiger charge is -2.17. The van der Waals surface area contributed by atoms with Gasteiger partial charge in [0, 0.05) is 12.1 Å². The van der Waals surface area contributed by atoms with Gasteiger partial charge in [0.15, 0.2) is 11.5 Å². The minimum Gasteiger partial charge on any atom is -0.493 e. The van der Waals surface area contributed by atoms with Crippen molar-refractivity contribution in [1.82, 2.24) is 0 Å². The third kappa shape index (κ3) is 2.22. The second kappa shape index (κ2) is 5.00. The summed E-state index contributed by atoms with van der Waals surface area (Å²) < 4.78 is 10.5. The maximum atomic E-state index is 9.69. The number of benzene rings is 1. The maximum Gasteiger partial charge on any atom is 0.166 e.